The van der Waals surface area contributed by atoms with Crippen LogP contribution in [0.1, 0.15) is 31.2 Å². The van der Waals surface area contributed by atoms with Crippen LogP contribution in [0.2, 0.25) is 0 Å². The lowest BCUT2D eigenvalue weighted by Gasteiger charge is -2.21. The number of carbonyl (C=O) groups is 1. The number of unbranched alkanes of at least 4 members (excludes halogenated alkanes) is 2. The minimum absolute atomic E-state index is 0.0304. The zero-order valence-corrected chi connectivity index (χ0v) is 14.2. The summed E-state index contributed by atoms with van der Waals surface area (Å²) in [5.74, 6) is -5.12. The topological polar surface area (TPSA) is 101 Å². The molecular weight excluding hydrogens is 370 g/mol. The van der Waals surface area contributed by atoms with Gasteiger partial charge in [0.05, 0.1) is 6.54 Å². The highest BCUT2D eigenvalue weighted by Gasteiger charge is 2.25. The quantitative estimate of drug-likeness (QED) is 0.0737. The molecule has 0 spiro atoms. The number of nitrogens with zero attached hydrogens (tertiary/aromatic N) is 4. The summed E-state index contributed by atoms with van der Waals surface area (Å²) >= 11 is 0. The Bertz CT molecular complexity index is 746. The van der Waals surface area contributed by atoms with Crippen LogP contribution < -0.4 is 5.48 Å². The van der Waals surface area contributed by atoms with E-state index in [0.717, 1.165) is 0 Å². The van der Waals surface area contributed by atoms with Crippen LogP contribution in [0.4, 0.5) is 23.2 Å². The summed E-state index contributed by atoms with van der Waals surface area (Å²) in [5, 5.41) is 11.0. The van der Waals surface area contributed by atoms with E-state index in [1.165, 1.54) is 10.4 Å². The average Bonchev–Trinajstić information content (AvgIpc) is 2.66. The van der Waals surface area contributed by atoms with Gasteiger partial charge in [0.25, 0.3) is 0 Å². The minimum Gasteiger partial charge on any atom is -0.289 e. The lowest BCUT2D eigenvalue weighted by atomic mass is 10.1. The summed E-state index contributed by atoms with van der Waals surface area (Å²) in [5.41, 5.74) is 7.49. The van der Waals surface area contributed by atoms with Gasteiger partial charge in [0, 0.05) is 23.4 Å². The first-order chi connectivity index (χ1) is 12.9. The number of azide groups is 1. The van der Waals surface area contributed by atoms with Crippen molar-refractivity contribution >= 4 is 11.6 Å². The summed E-state index contributed by atoms with van der Waals surface area (Å²) in [7, 11) is 0. The number of carbonyl (C=O) groups excluding carboxylic acids is 1. The SMILES string of the molecule is C#CCN(CCCCCC(=O)NO)Cc1c(F)c(F)c(N=[N+]=[N-])c(F)c1F. The van der Waals surface area contributed by atoms with Crippen molar-refractivity contribution in [1.29, 1.82) is 0 Å². The Labute approximate surface area is 152 Å². The molecule has 7 nitrogen and oxygen atoms in total. The van der Waals surface area contributed by atoms with Crippen LogP contribution in [-0.4, -0.2) is 29.1 Å². The molecule has 0 bridgehead atoms. The molecule has 0 fully saturated rings. The fraction of sp³-hybridized carbons (Fsp3) is 0.438. The zero-order chi connectivity index (χ0) is 20.4. The number of nitrogens with one attached hydrogen (secondary N) is 1. The highest BCUT2D eigenvalue weighted by atomic mass is 19.2. The van der Waals surface area contributed by atoms with Crippen LogP contribution in [-0.2, 0) is 11.3 Å². The van der Waals surface area contributed by atoms with Gasteiger partial charge in [0.2, 0.25) is 5.91 Å². The Hall–Kier alpha value is -2.80. The van der Waals surface area contributed by atoms with Gasteiger partial charge >= 0.3 is 0 Å². The van der Waals surface area contributed by atoms with Gasteiger partial charge in [-0.3, -0.25) is 14.9 Å². The highest BCUT2D eigenvalue weighted by molar-refractivity contribution is 5.74. The normalized spacial score (nSPS) is 10.4. The minimum atomic E-state index is -1.78. The molecule has 1 amide bonds. The summed E-state index contributed by atoms with van der Waals surface area (Å²) in [6.07, 6.45) is 6.82. The zero-order valence-electron chi connectivity index (χ0n) is 14.2. The first-order valence-corrected chi connectivity index (χ1v) is 7.86. The molecule has 11 heteroatoms. The number of amides is 1. The van der Waals surface area contributed by atoms with E-state index in [-0.39, 0.29) is 19.5 Å². The van der Waals surface area contributed by atoms with E-state index in [4.69, 9.17) is 17.2 Å². The molecule has 0 heterocycles. The van der Waals surface area contributed by atoms with E-state index in [0.29, 0.717) is 19.3 Å². The molecule has 27 heavy (non-hydrogen) atoms. The smallest absolute Gasteiger partial charge is 0.243 e. The van der Waals surface area contributed by atoms with Gasteiger partial charge in [0.1, 0.15) is 5.69 Å². The Morgan fingerprint density at radius 3 is 2.33 bits per heavy atom. The molecular formula is C16H17F4N5O2. The van der Waals surface area contributed by atoms with Crippen LogP contribution in [0.15, 0.2) is 5.11 Å². The Morgan fingerprint density at radius 2 is 1.81 bits per heavy atom. The molecule has 1 aromatic carbocycles. The molecule has 0 aromatic heterocycles. The van der Waals surface area contributed by atoms with Crippen LogP contribution in [0.25, 0.3) is 10.4 Å². The van der Waals surface area contributed by atoms with Gasteiger partial charge in [-0.15, -0.1) is 6.42 Å². The van der Waals surface area contributed by atoms with Gasteiger partial charge in [-0.2, -0.15) is 0 Å². The second-order valence-corrected chi connectivity index (χ2v) is 5.53. The van der Waals surface area contributed by atoms with Crippen molar-refractivity contribution in [3.63, 3.8) is 0 Å². The van der Waals surface area contributed by atoms with E-state index >= 15 is 0 Å². The third-order valence-electron chi connectivity index (χ3n) is 3.68. The van der Waals surface area contributed by atoms with E-state index in [9.17, 15) is 22.4 Å². The number of terminal acetylenes is 1. The maximum absolute atomic E-state index is 14.1. The molecule has 0 aliphatic heterocycles. The van der Waals surface area contributed by atoms with Gasteiger partial charge in [-0.1, -0.05) is 17.5 Å². The molecule has 1 aromatic rings. The van der Waals surface area contributed by atoms with Gasteiger partial charge in [-0.25, -0.2) is 23.0 Å². The van der Waals surface area contributed by atoms with Crippen molar-refractivity contribution < 1.29 is 27.6 Å². The van der Waals surface area contributed by atoms with Gasteiger partial charge in [0.15, 0.2) is 23.3 Å². The fourth-order valence-electron chi connectivity index (χ4n) is 2.36. The lowest BCUT2D eigenvalue weighted by Crippen LogP contribution is -2.26. The second-order valence-electron chi connectivity index (χ2n) is 5.53. The van der Waals surface area contributed by atoms with E-state index in [1.807, 2.05) is 0 Å². The van der Waals surface area contributed by atoms with Crippen molar-refractivity contribution in [1.82, 2.24) is 10.4 Å². The summed E-state index contributed by atoms with van der Waals surface area (Å²) < 4.78 is 55.8. The van der Waals surface area contributed by atoms with Gasteiger partial charge in [-0.05, 0) is 24.9 Å². The largest absolute Gasteiger partial charge is 0.289 e. The van der Waals surface area contributed by atoms with Crippen molar-refractivity contribution in [2.75, 3.05) is 13.1 Å². The van der Waals surface area contributed by atoms with Crippen LogP contribution in [0.5, 0.6) is 0 Å². The molecule has 146 valence electrons. The Morgan fingerprint density at radius 1 is 1.19 bits per heavy atom. The number of rotatable bonds is 10. The molecule has 1 rings (SSSR count). The molecule has 0 saturated heterocycles. The monoisotopic (exact) mass is 387 g/mol. The lowest BCUT2D eigenvalue weighted by molar-refractivity contribution is -0.129. The maximum atomic E-state index is 14.1. The third kappa shape index (κ3) is 6.14. The summed E-state index contributed by atoms with van der Waals surface area (Å²) in [4.78, 5) is 14.4. The number of halogens is 4. The molecule has 0 saturated carbocycles. The van der Waals surface area contributed by atoms with Crippen LogP contribution in [0.3, 0.4) is 0 Å². The third-order valence-corrected chi connectivity index (χ3v) is 3.68. The van der Waals surface area contributed by atoms with Crippen molar-refractivity contribution in [3.05, 3.63) is 39.3 Å². The summed E-state index contributed by atoms with van der Waals surface area (Å²) in [6.45, 7) is -0.272. The predicted molar refractivity (Wildman–Crippen MR) is 87.6 cm³/mol. The standard InChI is InChI=1S/C16H17F4N5O2/c1-2-7-25(8-5-3-4-6-11(26)23-27)9-10-12(17)14(19)16(22-24-21)15(20)13(10)18/h1,27H,3-9H2,(H,23,26). The van der Waals surface area contributed by atoms with E-state index in [2.05, 4.69) is 15.9 Å². The van der Waals surface area contributed by atoms with Crippen molar-refractivity contribution in [2.45, 2.75) is 32.2 Å². The summed E-state index contributed by atoms with van der Waals surface area (Å²) in [6, 6.07) is 0. The fourth-order valence-corrected chi connectivity index (χ4v) is 2.36. The molecule has 0 aliphatic carbocycles. The Balaban J connectivity index is 2.87. The van der Waals surface area contributed by atoms with Crippen molar-refractivity contribution in [3.8, 4) is 12.3 Å². The predicted octanol–water partition coefficient (Wildman–Crippen LogP) is 3.69. The van der Waals surface area contributed by atoms with E-state index < -0.39 is 47.0 Å². The van der Waals surface area contributed by atoms with Crippen LogP contribution >= 0.6 is 0 Å². The number of hydrogen-bond acceptors (Lipinski definition) is 4. The molecule has 0 aliphatic rings. The molecule has 2 N–H and O–H groups in total. The molecule has 0 radical (unpaired) electrons. The van der Waals surface area contributed by atoms with Crippen molar-refractivity contribution in [2.24, 2.45) is 5.11 Å². The molecule has 0 unspecified atom stereocenters. The number of benzene rings is 1. The maximum Gasteiger partial charge on any atom is 0.243 e. The highest BCUT2D eigenvalue weighted by Crippen LogP contribution is 2.31. The second kappa shape index (κ2) is 11.0. The average molecular weight is 387 g/mol. The number of hydroxylamine groups is 1. The molecule has 0 atom stereocenters. The van der Waals surface area contributed by atoms with Gasteiger partial charge < -0.3 is 0 Å². The van der Waals surface area contributed by atoms with E-state index in [1.54, 1.807) is 0 Å². The number of hydrogen-bond donors (Lipinski definition) is 2. The van der Waals surface area contributed by atoms with Crippen LogP contribution in [0, 0.1) is 35.6 Å². The first-order valence-electron chi connectivity index (χ1n) is 7.86. The Kier molecular flexibility index (Phi) is 9.08. The first kappa shape index (κ1) is 22.2.